The second kappa shape index (κ2) is 18.1. The van der Waals surface area contributed by atoms with E-state index >= 15 is 0 Å². The van der Waals surface area contributed by atoms with Crippen LogP contribution in [0, 0.1) is 27.7 Å². The van der Waals surface area contributed by atoms with Gasteiger partial charge >= 0.3 is 11.9 Å². The van der Waals surface area contributed by atoms with Gasteiger partial charge in [0.1, 0.15) is 23.5 Å². The van der Waals surface area contributed by atoms with E-state index in [4.69, 9.17) is 0 Å². The molecule has 52 heavy (non-hydrogen) atoms. The Bertz CT molecular complexity index is 1810. The van der Waals surface area contributed by atoms with E-state index in [1.54, 1.807) is 36.7 Å². The van der Waals surface area contributed by atoms with Crippen molar-refractivity contribution in [1.82, 2.24) is 20.6 Å². The van der Waals surface area contributed by atoms with E-state index in [2.05, 4.69) is 40.7 Å². The summed E-state index contributed by atoms with van der Waals surface area (Å²) in [5, 5.41) is 30.7. The SMILES string of the molecule is COC(=O)[C@H](CO)NCc1cnc(C(=O)Nc2cccc(-c3cccc(NC(=O)c4cc(C)c(CN[C@@H](CO)C(=O)OC)cn4)c3C)c2C)cc1C. The number of hydrogen-bond acceptors (Lipinski definition) is 12. The number of hydrogen-bond donors (Lipinski definition) is 6. The Morgan fingerprint density at radius 2 is 1.04 bits per heavy atom. The van der Waals surface area contributed by atoms with Gasteiger partial charge in [-0.05, 0) is 96.5 Å². The summed E-state index contributed by atoms with van der Waals surface area (Å²) in [6.45, 7) is 7.11. The van der Waals surface area contributed by atoms with E-state index in [0.29, 0.717) is 11.4 Å². The van der Waals surface area contributed by atoms with Crippen LogP contribution in [0.15, 0.2) is 60.9 Å². The number of rotatable bonds is 15. The van der Waals surface area contributed by atoms with Crippen LogP contribution < -0.4 is 21.3 Å². The quantitative estimate of drug-likeness (QED) is 0.0986. The number of aliphatic hydroxyl groups excluding tert-OH is 2. The van der Waals surface area contributed by atoms with Gasteiger partial charge in [0.05, 0.1) is 27.4 Å². The Morgan fingerprint density at radius 1 is 0.654 bits per heavy atom. The van der Waals surface area contributed by atoms with Crippen molar-refractivity contribution in [3.8, 4) is 11.1 Å². The summed E-state index contributed by atoms with van der Waals surface area (Å²) in [6, 6.07) is 12.7. The summed E-state index contributed by atoms with van der Waals surface area (Å²) in [7, 11) is 2.50. The molecule has 0 saturated heterocycles. The maximum Gasteiger partial charge on any atom is 0.325 e. The molecule has 4 rings (SSSR count). The first-order chi connectivity index (χ1) is 24.9. The first-order valence-electron chi connectivity index (χ1n) is 16.5. The highest BCUT2D eigenvalue weighted by molar-refractivity contribution is 6.05. The van der Waals surface area contributed by atoms with Crippen molar-refractivity contribution >= 4 is 35.1 Å². The molecular formula is C38H44N6O8. The number of aryl methyl sites for hydroxylation is 2. The van der Waals surface area contributed by atoms with Crippen LogP contribution in [0.4, 0.5) is 11.4 Å². The van der Waals surface area contributed by atoms with Crippen LogP contribution in [0.2, 0.25) is 0 Å². The number of amides is 2. The summed E-state index contributed by atoms with van der Waals surface area (Å²) in [5.41, 5.74) is 8.02. The van der Waals surface area contributed by atoms with Crippen LogP contribution in [0.5, 0.6) is 0 Å². The van der Waals surface area contributed by atoms with Gasteiger partial charge in [-0.2, -0.15) is 0 Å². The lowest BCUT2D eigenvalue weighted by molar-refractivity contribution is -0.145. The number of aromatic nitrogens is 2. The van der Waals surface area contributed by atoms with Crippen LogP contribution in [0.1, 0.15) is 54.4 Å². The lowest BCUT2D eigenvalue weighted by Crippen LogP contribution is -2.40. The smallest absolute Gasteiger partial charge is 0.325 e. The number of methoxy groups -OCH3 is 2. The Morgan fingerprint density at radius 3 is 1.37 bits per heavy atom. The molecule has 2 heterocycles. The van der Waals surface area contributed by atoms with E-state index in [0.717, 1.165) is 44.5 Å². The fraction of sp³-hybridized carbons (Fsp3) is 0.316. The Kier molecular flexibility index (Phi) is 13.7. The zero-order valence-electron chi connectivity index (χ0n) is 30.0. The van der Waals surface area contributed by atoms with Gasteiger partial charge in [0.25, 0.3) is 11.8 Å². The number of pyridine rings is 2. The second-order valence-electron chi connectivity index (χ2n) is 12.1. The van der Waals surface area contributed by atoms with Crippen molar-refractivity contribution in [2.24, 2.45) is 0 Å². The molecule has 2 aromatic carbocycles. The zero-order valence-corrected chi connectivity index (χ0v) is 30.0. The molecule has 0 bridgehead atoms. The monoisotopic (exact) mass is 712 g/mol. The maximum atomic E-state index is 13.3. The zero-order chi connectivity index (χ0) is 37.9. The van der Waals surface area contributed by atoms with E-state index in [1.807, 2.05) is 52.0 Å². The number of carbonyl (C=O) groups excluding carboxylic acids is 4. The summed E-state index contributed by atoms with van der Waals surface area (Å²) in [4.78, 5) is 58.8. The molecule has 0 aliphatic rings. The average molecular weight is 713 g/mol. The number of esters is 2. The molecule has 2 aromatic heterocycles. The largest absolute Gasteiger partial charge is 0.468 e. The van der Waals surface area contributed by atoms with Gasteiger partial charge in [-0.25, -0.2) is 0 Å². The summed E-state index contributed by atoms with van der Waals surface area (Å²) in [6.07, 6.45) is 3.11. The van der Waals surface area contributed by atoms with E-state index in [9.17, 15) is 29.4 Å². The van der Waals surface area contributed by atoms with Gasteiger partial charge in [0, 0.05) is 36.9 Å². The number of aliphatic hydroxyl groups is 2. The van der Waals surface area contributed by atoms with E-state index in [-0.39, 0.29) is 24.5 Å². The second-order valence-corrected chi connectivity index (χ2v) is 12.1. The molecule has 274 valence electrons. The van der Waals surface area contributed by atoms with Crippen LogP contribution >= 0.6 is 0 Å². The highest BCUT2D eigenvalue weighted by Crippen LogP contribution is 2.34. The number of nitrogens with zero attached hydrogens (tertiary/aromatic N) is 2. The molecule has 2 amide bonds. The van der Waals surface area contributed by atoms with Gasteiger partial charge < -0.3 is 30.3 Å². The molecule has 0 radical (unpaired) electrons. The fourth-order valence-electron chi connectivity index (χ4n) is 5.48. The van der Waals surface area contributed by atoms with Crippen molar-refractivity contribution in [3.05, 3.63) is 106 Å². The highest BCUT2D eigenvalue weighted by atomic mass is 16.5. The van der Waals surface area contributed by atoms with Crippen LogP contribution in [0.3, 0.4) is 0 Å². The van der Waals surface area contributed by atoms with Gasteiger partial charge in [0.15, 0.2) is 0 Å². The fourth-order valence-corrected chi connectivity index (χ4v) is 5.48. The molecule has 6 N–H and O–H groups in total. The van der Waals surface area contributed by atoms with Crippen LogP contribution in [0.25, 0.3) is 11.1 Å². The van der Waals surface area contributed by atoms with Gasteiger partial charge in [-0.1, -0.05) is 24.3 Å². The van der Waals surface area contributed by atoms with Crippen molar-refractivity contribution < 1.29 is 38.9 Å². The van der Waals surface area contributed by atoms with E-state index < -0.39 is 49.1 Å². The third-order valence-electron chi connectivity index (χ3n) is 8.77. The van der Waals surface area contributed by atoms with Crippen molar-refractivity contribution in [3.63, 3.8) is 0 Å². The Hall–Kier alpha value is -5.54. The number of benzene rings is 2. The number of carbonyl (C=O) groups is 4. The van der Waals surface area contributed by atoms with Gasteiger partial charge in [-0.3, -0.25) is 39.8 Å². The minimum absolute atomic E-state index is 0.210. The lowest BCUT2D eigenvalue weighted by Gasteiger charge is -2.17. The number of anilines is 2. The first kappa shape index (κ1) is 39.2. The number of nitrogens with one attached hydrogen (secondary N) is 4. The summed E-state index contributed by atoms with van der Waals surface area (Å²) in [5.74, 6) is -1.95. The molecule has 0 unspecified atom stereocenters. The average Bonchev–Trinajstić information content (AvgIpc) is 3.14. The van der Waals surface area contributed by atoms with Crippen molar-refractivity contribution in [2.45, 2.75) is 52.9 Å². The Balaban J connectivity index is 1.46. The third kappa shape index (κ3) is 9.41. The molecule has 14 nitrogen and oxygen atoms in total. The molecule has 0 saturated carbocycles. The Labute approximate surface area is 302 Å². The molecule has 0 aliphatic carbocycles. The van der Waals surface area contributed by atoms with Crippen LogP contribution in [-0.2, 0) is 32.2 Å². The molecule has 4 aromatic rings. The predicted molar refractivity (Wildman–Crippen MR) is 195 cm³/mol. The molecule has 14 heteroatoms. The van der Waals surface area contributed by atoms with Crippen LogP contribution in [-0.4, -0.2) is 83.5 Å². The highest BCUT2D eigenvalue weighted by Gasteiger charge is 2.20. The predicted octanol–water partition coefficient (Wildman–Crippen LogP) is 3.13. The molecule has 0 spiro atoms. The van der Waals surface area contributed by atoms with Gasteiger partial charge in [-0.15, -0.1) is 0 Å². The van der Waals surface area contributed by atoms with Crippen molar-refractivity contribution in [1.29, 1.82) is 0 Å². The normalized spacial score (nSPS) is 12.1. The molecule has 2 atom stereocenters. The third-order valence-corrected chi connectivity index (χ3v) is 8.77. The molecule has 0 fully saturated rings. The standard InChI is InChI=1S/C38H44N6O8/c1-21-13-31(39-15-25(21)17-41-33(19-45)37(49)51-5)35(47)43-29-11-7-9-27(23(29)3)28-10-8-12-30(24(28)4)44-36(48)32-14-22(2)26(16-40-32)18-42-34(20-46)38(50)52-6/h7-16,33-34,41-42,45-46H,17-20H2,1-6H3,(H,43,47)(H,44,48)/t33-,34-/m0/s1. The molecule has 0 aliphatic heterocycles. The number of ether oxygens (including phenoxy) is 2. The lowest BCUT2D eigenvalue weighted by atomic mass is 9.94. The topological polar surface area (TPSA) is 201 Å². The minimum Gasteiger partial charge on any atom is -0.468 e. The summed E-state index contributed by atoms with van der Waals surface area (Å²) < 4.78 is 9.36. The first-order valence-corrected chi connectivity index (χ1v) is 16.5. The maximum absolute atomic E-state index is 13.3. The van der Waals surface area contributed by atoms with Crippen molar-refractivity contribution in [2.75, 3.05) is 38.1 Å². The summed E-state index contributed by atoms with van der Waals surface area (Å²) >= 11 is 0. The van der Waals surface area contributed by atoms with E-state index in [1.165, 1.54) is 14.2 Å². The minimum atomic E-state index is -0.875. The van der Waals surface area contributed by atoms with Gasteiger partial charge in [0.2, 0.25) is 0 Å². The molecular weight excluding hydrogens is 668 g/mol.